The number of halogens is 1. The zero-order valence-corrected chi connectivity index (χ0v) is 11.5. The zero-order valence-electron chi connectivity index (χ0n) is 9.96. The van der Waals surface area contributed by atoms with Gasteiger partial charge in [-0.1, -0.05) is 25.4 Å². The Balaban J connectivity index is 2.23. The van der Waals surface area contributed by atoms with Gasteiger partial charge in [0.05, 0.1) is 5.69 Å². The maximum absolute atomic E-state index is 5.88. The molecule has 0 unspecified atom stereocenters. The first-order valence-electron chi connectivity index (χ1n) is 5.76. The molecule has 0 amide bonds. The van der Waals surface area contributed by atoms with Crippen LogP contribution in [0.1, 0.15) is 26.7 Å². The lowest BCUT2D eigenvalue weighted by Crippen LogP contribution is -2.50. The normalized spacial score (nSPS) is 18.3. The smallest absolute Gasteiger partial charge is 0.189 e. The number of hydrogen-bond acceptors (Lipinski definition) is 2. The van der Waals surface area contributed by atoms with Crippen LogP contribution in [0, 0.1) is 0 Å². The molecule has 1 aliphatic rings. The third-order valence-corrected chi connectivity index (χ3v) is 3.70. The molecule has 1 fully saturated rings. The third-order valence-electron chi connectivity index (χ3n) is 3.17. The van der Waals surface area contributed by atoms with Crippen molar-refractivity contribution in [3.63, 3.8) is 0 Å². The van der Waals surface area contributed by atoms with E-state index in [0.29, 0.717) is 5.11 Å². The van der Waals surface area contributed by atoms with Crippen LogP contribution in [-0.4, -0.2) is 10.8 Å². The number of rotatable bonds is 3. The second-order valence-electron chi connectivity index (χ2n) is 4.14. The van der Waals surface area contributed by atoms with E-state index in [9.17, 15) is 0 Å². The molecule has 1 aromatic rings. The van der Waals surface area contributed by atoms with E-state index in [4.69, 9.17) is 23.8 Å². The fraction of sp³-hybridized carbons (Fsp3) is 0.417. The Morgan fingerprint density at radius 2 is 1.82 bits per heavy atom. The van der Waals surface area contributed by atoms with E-state index in [0.717, 1.165) is 23.6 Å². The van der Waals surface area contributed by atoms with Gasteiger partial charge in [-0.25, -0.2) is 5.43 Å². The van der Waals surface area contributed by atoms with Crippen molar-refractivity contribution in [3.8, 4) is 0 Å². The molecule has 0 radical (unpaired) electrons. The van der Waals surface area contributed by atoms with Crippen molar-refractivity contribution in [2.45, 2.75) is 32.4 Å². The van der Waals surface area contributed by atoms with Gasteiger partial charge in [-0.15, -0.1) is 0 Å². The first-order chi connectivity index (χ1) is 8.10. The van der Waals surface area contributed by atoms with Crippen molar-refractivity contribution in [2.24, 2.45) is 0 Å². The molecule has 0 atom stereocenters. The van der Waals surface area contributed by atoms with Crippen LogP contribution in [0.2, 0.25) is 5.02 Å². The highest BCUT2D eigenvalue weighted by molar-refractivity contribution is 7.80. The number of hydrazine groups is 1. The molecule has 2 rings (SSSR count). The van der Waals surface area contributed by atoms with Crippen LogP contribution in [0.5, 0.6) is 0 Å². The van der Waals surface area contributed by atoms with Crippen molar-refractivity contribution < 1.29 is 0 Å². The minimum Gasteiger partial charge on any atom is -0.342 e. The minimum absolute atomic E-state index is 0.128. The summed E-state index contributed by atoms with van der Waals surface area (Å²) in [6.45, 7) is 4.27. The summed E-state index contributed by atoms with van der Waals surface area (Å²) in [7, 11) is 0. The molecule has 0 bridgehead atoms. The van der Waals surface area contributed by atoms with Crippen molar-refractivity contribution in [3.05, 3.63) is 29.3 Å². The molecule has 5 heteroatoms. The molecule has 0 spiro atoms. The van der Waals surface area contributed by atoms with Gasteiger partial charge in [0.15, 0.2) is 5.11 Å². The van der Waals surface area contributed by atoms with Crippen LogP contribution in [0.25, 0.3) is 0 Å². The first kappa shape index (κ1) is 12.6. The van der Waals surface area contributed by atoms with Crippen molar-refractivity contribution in [1.82, 2.24) is 10.7 Å². The summed E-state index contributed by atoms with van der Waals surface area (Å²) < 4.78 is 0. The number of nitrogens with zero attached hydrogens (tertiary/aromatic N) is 1. The van der Waals surface area contributed by atoms with Gasteiger partial charge in [-0.2, -0.15) is 0 Å². The number of nitrogens with one attached hydrogen (secondary N) is 2. The number of thiocarbonyl (C=S) groups is 1. The molecule has 1 saturated heterocycles. The highest BCUT2D eigenvalue weighted by Crippen LogP contribution is 2.24. The topological polar surface area (TPSA) is 27.3 Å². The fourth-order valence-electron chi connectivity index (χ4n) is 1.91. The molecule has 2 N–H and O–H groups in total. The van der Waals surface area contributed by atoms with Crippen LogP contribution in [0.3, 0.4) is 0 Å². The Labute approximate surface area is 112 Å². The van der Waals surface area contributed by atoms with Crippen LogP contribution in [-0.2, 0) is 0 Å². The monoisotopic (exact) mass is 269 g/mol. The fourth-order valence-corrected chi connectivity index (χ4v) is 2.38. The van der Waals surface area contributed by atoms with Gasteiger partial charge in [0.1, 0.15) is 5.66 Å². The Hall–Kier alpha value is -0.840. The quantitative estimate of drug-likeness (QED) is 0.825. The molecular formula is C12H16ClN3S. The lowest BCUT2D eigenvalue weighted by Gasteiger charge is -2.27. The van der Waals surface area contributed by atoms with E-state index in [1.807, 2.05) is 29.3 Å². The summed E-state index contributed by atoms with van der Waals surface area (Å²) in [5.74, 6) is 0. The van der Waals surface area contributed by atoms with E-state index in [1.54, 1.807) is 0 Å². The van der Waals surface area contributed by atoms with Gasteiger partial charge in [0.25, 0.3) is 0 Å². The van der Waals surface area contributed by atoms with E-state index >= 15 is 0 Å². The predicted octanol–water partition coefficient (Wildman–Crippen LogP) is 3.06. The highest BCUT2D eigenvalue weighted by Gasteiger charge is 2.37. The van der Waals surface area contributed by atoms with Crippen LogP contribution in [0.15, 0.2) is 24.3 Å². The maximum atomic E-state index is 5.88. The average Bonchev–Trinajstić information content (AvgIpc) is 2.69. The Kier molecular flexibility index (Phi) is 3.56. The molecular weight excluding hydrogens is 254 g/mol. The summed E-state index contributed by atoms with van der Waals surface area (Å²) in [4.78, 5) is 0. The first-order valence-corrected chi connectivity index (χ1v) is 6.54. The predicted molar refractivity (Wildman–Crippen MR) is 76.1 cm³/mol. The van der Waals surface area contributed by atoms with Crippen molar-refractivity contribution in [1.29, 1.82) is 0 Å². The van der Waals surface area contributed by atoms with Crippen molar-refractivity contribution >= 4 is 34.6 Å². The van der Waals surface area contributed by atoms with E-state index in [2.05, 4.69) is 24.6 Å². The molecule has 1 aliphatic heterocycles. The molecule has 17 heavy (non-hydrogen) atoms. The molecule has 92 valence electrons. The molecule has 0 aromatic heterocycles. The van der Waals surface area contributed by atoms with Gasteiger partial charge in [0, 0.05) is 5.02 Å². The summed E-state index contributed by atoms with van der Waals surface area (Å²) >= 11 is 11.2. The van der Waals surface area contributed by atoms with Crippen LogP contribution < -0.4 is 15.8 Å². The number of anilines is 1. The van der Waals surface area contributed by atoms with Crippen molar-refractivity contribution in [2.75, 3.05) is 5.01 Å². The van der Waals surface area contributed by atoms with Gasteiger partial charge in [0.2, 0.25) is 0 Å². The molecule has 3 nitrogen and oxygen atoms in total. The Bertz CT molecular complexity index is 414. The summed E-state index contributed by atoms with van der Waals surface area (Å²) in [5, 5.41) is 6.68. The van der Waals surface area contributed by atoms with Crippen LogP contribution in [0.4, 0.5) is 5.69 Å². The number of benzene rings is 1. The molecule has 1 aromatic carbocycles. The van der Waals surface area contributed by atoms with Gasteiger partial charge >= 0.3 is 0 Å². The standard InChI is InChI=1S/C12H16ClN3S/c1-3-12(4-2)14-11(17)16(15-12)10-7-5-9(13)6-8-10/h5-8,15H,3-4H2,1-2H3,(H,14,17). The lowest BCUT2D eigenvalue weighted by molar-refractivity contribution is 0.315. The molecule has 0 saturated carbocycles. The van der Waals surface area contributed by atoms with E-state index in [1.165, 1.54) is 0 Å². The average molecular weight is 270 g/mol. The van der Waals surface area contributed by atoms with E-state index < -0.39 is 0 Å². The highest BCUT2D eigenvalue weighted by atomic mass is 35.5. The number of hydrogen-bond donors (Lipinski definition) is 2. The largest absolute Gasteiger partial charge is 0.342 e. The van der Waals surface area contributed by atoms with Gasteiger partial charge < -0.3 is 5.32 Å². The van der Waals surface area contributed by atoms with E-state index in [-0.39, 0.29) is 5.66 Å². The second kappa shape index (κ2) is 4.80. The Morgan fingerprint density at radius 1 is 1.24 bits per heavy atom. The SMILES string of the molecule is CCC1(CC)NC(=S)N(c2ccc(Cl)cc2)N1. The summed E-state index contributed by atoms with van der Waals surface area (Å²) in [6, 6.07) is 7.62. The van der Waals surface area contributed by atoms with Crippen LogP contribution >= 0.6 is 23.8 Å². The third kappa shape index (κ3) is 2.39. The second-order valence-corrected chi connectivity index (χ2v) is 4.97. The Morgan fingerprint density at radius 3 is 2.29 bits per heavy atom. The van der Waals surface area contributed by atoms with Gasteiger partial charge in [-0.05, 0) is 49.3 Å². The lowest BCUT2D eigenvalue weighted by atomic mass is 10.1. The molecule has 0 aliphatic carbocycles. The van der Waals surface area contributed by atoms with Gasteiger partial charge in [-0.3, -0.25) is 5.01 Å². The summed E-state index contributed by atoms with van der Waals surface area (Å²) in [6.07, 6.45) is 1.93. The zero-order chi connectivity index (χ0) is 12.5. The maximum Gasteiger partial charge on any atom is 0.189 e. The summed E-state index contributed by atoms with van der Waals surface area (Å²) in [5.41, 5.74) is 4.29. The minimum atomic E-state index is -0.128. The molecule has 1 heterocycles.